The summed E-state index contributed by atoms with van der Waals surface area (Å²) in [5, 5.41) is 13.7. The Morgan fingerprint density at radius 1 is 1.15 bits per heavy atom. The first-order valence-corrected chi connectivity index (χ1v) is 6.35. The first kappa shape index (κ1) is 14.0. The standard InChI is InChI=1S/C15H15FN2O2/c1-2-11-3-5-12(6-4-11)10-17-14-7-13(16)8-15(9-14)18(19)20/h3-9,17H,2,10H2,1H3. The molecule has 2 aromatic rings. The Balaban J connectivity index is 2.08. The summed E-state index contributed by atoms with van der Waals surface area (Å²) in [6.07, 6.45) is 0.976. The van der Waals surface area contributed by atoms with E-state index >= 15 is 0 Å². The van der Waals surface area contributed by atoms with Crippen LogP contribution in [-0.4, -0.2) is 4.92 Å². The molecule has 1 N–H and O–H groups in total. The second kappa shape index (κ2) is 6.14. The molecular formula is C15H15FN2O2. The molecule has 0 aliphatic heterocycles. The predicted molar refractivity (Wildman–Crippen MR) is 76.2 cm³/mol. The summed E-state index contributed by atoms with van der Waals surface area (Å²) < 4.78 is 13.3. The summed E-state index contributed by atoms with van der Waals surface area (Å²) in [6, 6.07) is 11.5. The molecular weight excluding hydrogens is 259 g/mol. The number of rotatable bonds is 5. The second-order valence-electron chi connectivity index (χ2n) is 4.48. The Hall–Kier alpha value is -2.43. The fourth-order valence-corrected chi connectivity index (χ4v) is 1.88. The molecule has 0 aliphatic rings. The van der Waals surface area contributed by atoms with Gasteiger partial charge in [-0.2, -0.15) is 0 Å². The van der Waals surface area contributed by atoms with Gasteiger partial charge in [0.2, 0.25) is 0 Å². The Morgan fingerprint density at radius 2 is 1.80 bits per heavy atom. The summed E-state index contributed by atoms with van der Waals surface area (Å²) >= 11 is 0. The summed E-state index contributed by atoms with van der Waals surface area (Å²) in [7, 11) is 0. The minimum Gasteiger partial charge on any atom is -0.381 e. The van der Waals surface area contributed by atoms with E-state index in [-0.39, 0.29) is 5.69 Å². The highest BCUT2D eigenvalue weighted by Crippen LogP contribution is 2.20. The zero-order valence-corrected chi connectivity index (χ0v) is 11.1. The van der Waals surface area contributed by atoms with Crippen LogP contribution in [0.3, 0.4) is 0 Å². The smallest absolute Gasteiger partial charge is 0.274 e. The van der Waals surface area contributed by atoms with Gasteiger partial charge in [0, 0.05) is 18.3 Å². The van der Waals surface area contributed by atoms with E-state index in [1.165, 1.54) is 17.7 Å². The summed E-state index contributed by atoms with van der Waals surface area (Å²) in [5.41, 5.74) is 2.43. The van der Waals surface area contributed by atoms with Crippen LogP contribution >= 0.6 is 0 Å². The van der Waals surface area contributed by atoms with Gasteiger partial charge >= 0.3 is 0 Å². The number of nitrogens with zero attached hydrogens (tertiary/aromatic N) is 1. The third-order valence-electron chi connectivity index (χ3n) is 3.02. The molecule has 0 amide bonds. The third kappa shape index (κ3) is 3.54. The van der Waals surface area contributed by atoms with Crippen LogP contribution in [0.4, 0.5) is 15.8 Å². The molecule has 20 heavy (non-hydrogen) atoms. The van der Waals surface area contributed by atoms with Crippen LogP contribution in [0.1, 0.15) is 18.1 Å². The van der Waals surface area contributed by atoms with E-state index in [2.05, 4.69) is 12.2 Å². The molecule has 0 unspecified atom stereocenters. The van der Waals surface area contributed by atoms with Crippen LogP contribution in [0.5, 0.6) is 0 Å². The van der Waals surface area contributed by atoms with Crippen molar-refractivity contribution in [2.75, 3.05) is 5.32 Å². The predicted octanol–water partition coefficient (Wildman–Crippen LogP) is 3.91. The summed E-state index contributed by atoms with van der Waals surface area (Å²) in [4.78, 5) is 10.1. The van der Waals surface area contributed by atoms with Gasteiger partial charge in [-0.25, -0.2) is 4.39 Å². The molecule has 0 fully saturated rings. The Labute approximate surface area is 116 Å². The van der Waals surface area contributed by atoms with Crippen molar-refractivity contribution in [3.8, 4) is 0 Å². The fraction of sp³-hybridized carbons (Fsp3) is 0.200. The van der Waals surface area contributed by atoms with Crippen LogP contribution in [0.25, 0.3) is 0 Å². The van der Waals surface area contributed by atoms with E-state index in [0.29, 0.717) is 12.2 Å². The van der Waals surface area contributed by atoms with Gasteiger partial charge in [0.1, 0.15) is 5.82 Å². The van der Waals surface area contributed by atoms with Crippen molar-refractivity contribution in [2.24, 2.45) is 0 Å². The maximum atomic E-state index is 13.3. The molecule has 104 valence electrons. The number of hydrogen-bond donors (Lipinski definition) is 1. The van der Waals surface area contributed by atoms with Crippen molar-refractivity contribution in [2.45, 2.75) is 19.9 Å². The molecule has 0 spiro atoms. The number of anilines is 1. The van der Waals surface area contributed by atoms with Crippen molar-refractivity contribution >= 4 is 11.4 Å². The van der Waals surface area contributed by atoms with Gasteiger partial charge in [-0.1, -0.05) is 31.2 Å². The number of aryl methyl sites for hydroxylation is 1. The minimum atomic E-state index is -0.622. The molecule has 5 heteroatoms. The highest BCUT2D eigenvalue weighted by Gasteiger charge is 2.09. The average Bonchev–Trinajstić information content (AvgIpc) is 2.45. The summed E-state index contributed by atoms with van der Waals surface area (Å²) in [5.74, 6) is -0.622. The van der Waals surface area contributed by atoms with Crippen LogP contribution in [0.2, 0.25) is 0 Å². The summed E-state index contributed by atoms with van der Waals surface area (Å²) in [6.45, 7) is 2.57. The van der Waals surface area contributed by atoms with Crippen molar-refractivity contribution in [1.29, 1.82) is 0 Å². The zero-order valence-electron chi connectivity index (χ0n) is 11.1. The van der Waals surface area contributed by atoms with Crippen LogP contribution in [-0.2, 0) is 13.0 Å². The van der Waals surface area contributed by atoms with Gasteiger partial charge in [-0.3, -0.25) is 10.1 Å². The van der Waals surface area contributed by atoms with Gasteiger partial charge < -0.3 is 5.32 Å². The second-order valence-corrected chi connectivity index (χ2v) is 4.48. The van der Waals surface area contributed by atoms with Crippen LogP contribution < -0.4 is 5.32 Å². The maximum absolute atomic E-state index is 13.3. The molecule has 0 bridgehead atoms. The van der Waals surface area contributed by atoms with Crippen LogP contribution in [0.15, 0.2) is 42.5 Å². The number of nitro benzene ring substituents is 1. The molecule has 2 aromatic carbocycles. The van der Waals surface area contributed by atoms with Crippen molar-refractivity contribution in [1.82, 2.24) is 0 Å². The highest BCUT2D eigenvalue weighted by molar-refractivity contribution is 5.51. The number of halogens is 1. The number of nitro groups is 1. The zero-order chi connectivity index (χ0) is 14.5. The van der Waals surface area contributed by atoms with Gasteiger partial charge in [-0.05, 0) is 23.6 Å². The molecule has 0 atom stereocenters. The third-order valence-corrected chi connectivity index (χ3v) is 3.02. The lowest BCUT2D eigenvalue weighted by Gasteiger charge is -2.07. The van der Waals surface area contributed by atoms with E-state index in [1.807, 2.05) is 24.3 Å². The SMILES string of the molecule is CCc1ccc(CNc2cc(F)cc([N+](=O)[O-])c2)cc1. The number of benzene rings is 2. The van der Waals surface area contributed by atoms with Crippen molar-refractivity contribution in [3.05, 3.63) is 69.5 Å². The minimum absolute atomic E-state index is 0.256. The molecule has 0 radical (unpaired) electrons. The largest absolute Gasteiger partial charge is 0.381 e. The van der Waals surface area contributed by atoms with Gasteiger partial charge in [0.05, 0.1) is 11.0 Å². The molecule has 0 heterocycles. The normalized spacial score (nSPS) is 10.3. The maximum Gasteiger partial charge on any atom is 0.274 e. The average molecular weight is 274 g/mol. The first-order valence-electron chi connectivity index (χ1n) is 6.35. The number of non-ortho nitro benzene ring substituents is 1. The Kier molecular flexibility index (Phi) is 4.30. The topological polar surface area (TPSA) is 55.2 Å². The Morgan fingerprint density at radius 3 is 2.40 bits per heavy atom. The van der Waals surface area contributed by atoms with E-state index in [9.17, 15) is 14.5 Å². The van der Waals surface area contributed by atoms with Crippen molar-refractivity contribution in [3.63, 3.8) is 0 Å². The first-order chi connectivity index (χ1) is 9.58. The molecule has 4 nitrogen and oxygen atoms in total. The lowest BCUT2D eigenvalue weighted by atomic mass is 10.1. The lowest BCUT2D eigenvalue weighted by Crippen LogP contribution is -2.01. The van der Waals surface area contributed by atoms with Gasteiger partial charge in [0.25, 0.3) is 5.69 Å². The monoisotopic (exact) mass is 274 g/mol. The Bertz CT molecular complexity index is 612. The van der Waals surface area contributed by atoms with Gasteiger partial charge in [-0.15, -0.1) is 0 Å². The van der Waals surface area contributed by atoms with E-state index in [1.54, 1.807) is 0 Å². The molecule has 0 saturated heterocycles. The van der Waals surface area contributed by atoms with E-state index in [0.717, 1.165) is 18.1 Å². The fourth-order valence-electron chi connectivity index (χ4n) is 1.88. The number of hydrogen-bond acceptors (Lipinski definition) is 3. The molecule has 0 aliphatic carbocycles. The lowest BCUT2D eigenvalue weighted by molar-refractivity contribution is -0.385. The molecule has 0 aromatic heterocycles. The van der Waals surface area contributed by atoms with Gasteiger partial charge in [0.15, 0.2) is 0 Å². The molecule has 2 rings (SSSR count). The number of nitrogens with one attached hydrogen (secondary N) is 1. The van der Waals surface area contributed by atoms with Crippen molar-refractivity contribution < 1.29 is 9.31 Å². The molecule has 0 saturated carbocycles. The van der Waals surface area contributed by atoms with E-state index in [4.69, 9.17) is 0 Å². The van der Waals surface area contributed by atoms with Crippen LogP contribution in [0, 0.1) is 15.9 Å². The van der Waals surface area contributed by atoms with E-state index < -0.39 is 10.7 Å². The quantitative estimate of drug-likeness (QED) is 0.664. The highest BCUT2D eigenvalue weighted by atomic mass is 19.1.